The molecule has 0 atom stereocenters. The highest BCUT2D eigenvalue weighted by atomic mass is 35.5. The molecular weight excluding hydrogens is 467 g/mol. The number of benzene rings is 1. The fourth-order valence-electron chi connectivity index (χ4n) is 4.50. The number of aromatic nitrogens is 1. The van der Waals surface area contributed by atoms with Gasteiger partial charge in [-0.05, 0) is 49.1 Å². The predicted molar refractivity (Wildman–Crippen MR) is 124 cm³/mol. The molecule has 0 bridgehead atoms. The van der Waals surface area contributed by atoms with Crippen molar-refractivity contribution in [3.63, 3.8) is 0 Å². The van der Waals surface area contributed by atoms with Crippen molar-refractivity contribution < 1.29 is 17.6 Å². The van der Waals surface area contributed by atoms with Gasteiger partial charge in [0.25, 0.3) is 0 Å². The van der Waals surface area contributed by atoms with Crippen LogP contribution in [0.1, 0.15) is 24.8 Å². The molecule has 0 radical (unpaired) electrons. The topological polar surface area (TPSA) is 73.8 Å². The highest BCUT2D eigenvalue weighted by Crippen LogP contribution is 2.28. The zero-order valence-corrected chi connectivity index (χ0v) is 19.9. The smallest absolute Gasteiger partial charge is 0.246 e. The molecule has 1 aromatic carbocycles. The van der Waals surface area contributed by atoms with E-state index in [4.69, 9.17) is 11.6 Å². The summed E-state index contributed by atoms with van der Waals surface area (Å²) in [6.07, 6.45) is 3.31. The van der Waals surface area contributed by atoms with Crippen LogP contribution < -0.4 is 0 Å². The van der Waals surface area contributed by atoms with E-state index in [1.165, 1.54) is 28.7 Å². The maximum atomic E-state index is 13.2. The number of carbonyl (C=O) groups is 1. The van der Waals surface area contributed by atoms with Crippen LogP contribution in [0.3, 0.4) is 0 Å². The molecule has 4 rings (SSSR count). The third-order valence-corrected chi connectivity index (χ3v) is 8.71. The van der Waals surface area contributed by atoms with Crippen LogP contribution in [-0.2, 0) is 21.4 Å². The summed E-state index contributed by atoms with van der Waals surface area (Å²) < 4.78 is 40.4. The summed E-state index contributed by atoms with van der Waals surface area (Å²) in [7, 11) is -3.73. The Morgan fingerprint density at radius 1 is 1.03 bits per heavy atom. The monoisotopic (exact) mass is 494 g/mol. The highest BCUT2D eigenvalue weighted by Gasteiger charge is 2.35. The quantitative estimate of drug-likeness (QED) is 0.597. The van der Waals surface area contributed by atoms with E-state index in [1.807, 2.05) is 4.90 Å². The predicted octanol–water partition coefficient (Wildman–Crippen LogP) is 3.01. The number of rotatable bonds is 5. The molecule has 2 aliphatic rings. The lowest BCUT2D eigenvalue weighted by Crippen LogP contribution is -2.45. The van der Waals surface area contributed by atoms with Gasteiger partial charge in [0.05, 0.1) is 0 Å². The van der Waals surface area contributed by atoms with Gasteiger partial charge in [-0.2, -0.15) is 4.31 Å². The third kappa shape index (κ3) is 5.71. The minimum Gasteiger partial charge on any atom is -0.341 e. The lowest BCUT2D eigenvalue weighted by Gasteiger charge is -2.33. The van der Waals surface area contributed by atoms with Crippen LogP contribution >= 0.6 is 11.6 Å². The molecule has 0 unspecified atom stereocenters. The largest absolute Gasteiger partial charge is 0.341 e. The summed E-state index contributed by atoms with van der Waals surface area (Å²) in [5.41, 5.74) is 1.05. The maximum absolute atomic E-state index is 13.2. The van der Waals surface area contributed by atoms with Crippen LogP contribution in [0.15, 0.2) is 47.5 Å². The van der Waals surface area contributed by atoms with Crippen molar-refractivity contribution >= 4 is 27.5 Å². The zero-order valence-electron chi connectivity index (χ0n) is 18.4. The number of nitrogens with zero attached hydrogens (tertiary/aromatic N) is 4. The van der Waals surface area contributed by atoms with Crippen molar-refractivity contribution in [2.24, 2.45) is 5.92 Å². The van der Waals surface area contributed by atoms with Gasteiger partial charge in [0.2, 0.25) is 15.9 Å². The van der Waals surface area contributed by atoms with Gasteiger partial charge in [0, 0.05) is 57.9 Å². The SMILES string of the molecule is O=C(C1CCN(S(=O)(=O)c2cccnc2Cl)CC1)N1CCCN(Cc2ccc(F)cc2)CC1. The summed E-state index contributed by atoms with van der Waals surface area (Å²) >= 11 is 6.00. The number of pyridine rings is 1. The van der Waals surface area contributed by atoms with Gasteiger partial charge in [0.15, 0.2) is 0 Å². The standard InChI is InChI=1S/C23H28ClFN4O3S/c24-22-21(3-1-10-26-22)33(31,32)29-13-8-19(9-14-29)23(30)28-12-2-11-27(15-16-28)17-18-4-6-20(25)7-5-18/h1,3-7,10,19H,2,8-9,11-17H2. The Hall–Kier alpha value is -2.07. The average molecular weight is 495 g/mol. The van der Waals surface area contributed by atoms with Crippen molar-refractivity contribution in [3.05, 3.63) is 59.1 Å². The molecule has 0 spiro atoms. The highest BCUT2D eigenvalue weighted by molar-refractivity contribution is 7.89. The Balaban J connectivity index is 1.30. The molecule has 178 valence electrons. The normalized spacial score (nSPS) is 19.4. The Morgan fingerprint density at radius 2 is 1.76 bits per heavy atom. The van der Waals surface area contributed by atoms with E-state index in [0.717, 1.165) is 31.6 Å². The van der Waals surface area contributed by atoms with Crippen LogP contribution in [0.25, 0.3) is 0 Å². The number of halogens is 2. The van der Waals surface area contributed by atoms with Crippen molar-refractivity contribution in [2.75, 3.05) is 39.3 Å². The summed E-state index contributed by atoms with van der Waals surface area (Å²) in [4.78, 5) is 21.2. The number of piperidine rings is 1. The number of hydrogen-bond donors (Lipinski definition) is 0. The molecule has 1 amide bonds. The molecule has 0 N–H and O–H groups in total. The van der Waals surface area contributed by atoms with Crippen molar-refractivity contribution in [1.82, 2.24) is 19.1 Å². The lowest BCUT2D eigenvalue weighted by molar-refractivity contribution is -0.136. The van der Waals surface area contributed by atoms with Gasteiger partial charge in [-0.15, -0.1) is 0 Å². The van der Waals surface area contributed by atoms with E-state index in [1.54, 1.807) is 18.2 Å². The minimum atomic E-state index is -3.73. The zero-order chi connectivity index (χ0) is 23.4. The number of hydrogen-bond acceptors (Lipinski definition) is 5. The van der Waals surface area contributed by atoms with E-state index >= 15 is 0 Å². The van der Waals surface area contributed by atoms with E-state index in [9.17, 15) is 17.6 Å². The first-order valence-electron chi connectivity index (χ1n) is 11.2. The van der Waals surface area contributed by atoms with Gasteiger partial charge >= 0.3 is 0 Å². The second-order valence-corrected chi connectivity index (χ2v) is 10.8. The first kappa shape index (κ1) is 24.1. The molecule has 2 aliphatic heterocycles. The fraction of sp³-hybridized carbons (Fsp3) is 0.478. The molecular formula is C23H28ClFN4O3S. The summed E-state index contributed by atoms with van der Waals surface area (Å²) in [6, 6.07) is 9.54. The van der Waals surface area contributed by atoms with Crippen LogP contribution in [0.4, 0.5) is 4.39 Å². The average Bonchev–Trinajstić information content (AvgIpc) is 3.06. The number of sulfonamides is 1. The second kappa shape index (κ2) is 10.5. The Morgan fingerprint density at radius 3 is 2.45 bits per heavy atom. The van der Waals surface area contributed by atoms with Gasteiger partial charge in [0.1, 0.15) is 15.9 Å². The molecule has 10 heteroatoms. The molecule has 7 nitrogen and oxygen atoms in total. The summed E-state index contributed by atoms with van der Waals surface area (Å²) in [5.74, 6) is -0.312. The summed E-state index contributed by atoms with van der Waals surface area (Å²) in [6.45, 7) is 4.28. The second-order valence-electron chi connectivity index (χ2n) is 8.55. The van der Waals surface area contributed by atoms with Crippen LogP contribution in [0, 0.1) is 11.7 Å². The first-order valence-corrected chi connectivity index (χ1v) is 13.0. The molecule has 2 fully saturated rings. The fourth-order valence-corrected chi connectivity index (χ4v) is 6.40. The van der Waals surface area contributed by atoms with Gasteiger partial charge in [-0.1, -0.05) is 23.7 Å². The van der Waals surface area contributed by atoms with Gasteiger partial charge < -0.3 is 4.90 Å². The molecule has 0 aliphatic carbocycles. The molecule has 33 heavy (non-hydrogen) atoms. The molecule has 3 heterocycles. The first-order chi connectivity index (χ1) is 15.8. The van der Waals surface area contributed by atoms with E-state index in [2.05, 4.69) is 9.88 Å². The van der Waals surface area contributed by atoms with Crippen molar-refractivity contribution in [1.29, 1.82) is 0 Å². The Kier molecular flexibility index (Phi) is 7.63. The van der Waals surface area contributed by atoms with Gasteiger partial charge in [-0.3, -0.25) is 9.69 Å². The van der Waals surface area contributed by atoms with Crippen molar-refractivity contribution in [3.8, 4) is 0 Å². The van der Waals surface area contributed by atoms with E-state index in [0.29, 0.717) is 25.9 Å². The van der Waals surface area contributed by atoms with Gasteiger partial charge in [-0.25, -0.2) is 17.8 Å². The van der Waals surface area contributed by atoms with E-state index < -0.39 is 10.0 Å². The number of amides is 1. The minimum absolute atomic E-state index is 0.00482. The number of carbonyl (C=O) groups excluding carboxylic acids is 1. The van der Waals surface area contributed by atoms with Crippen LogP contribution in [-0.4, -0.2) is 72.7 Å². The maximum Gasteiger partial charge on any atom is 0.246 e. The molecule has 2 aromatic rings. The van der Waals surface area contributed by atoms with Crippen LogP contribution in [0.5, 0.6) is 0 Å². The lowest BCUT2D eigenvalue weighted by atomic mass is 9.96. The van der Waals surface area contributed by atoms with Crippen molar-refractivity contribution in [2.45, 2.75) is 30.7 Å². The summed E-state index contributed by atoms with van der Waals surface area (Å²) in [5, 5.41) is -0.0366. The molecule has 0 saturated carbocycles. The Labute approximate surface area is 199 Å². The van der Waals surface area contributed by atoms with E-state index in [-0.39, 0.29) is 40.8 Å². The Bertz CT molecular complexity index is 1080. The third-order valence-electron chi connectivity index (χ3n) is 6.37. The molecule has 1 aromatic heterocycles. The van der Waals surface area contributed by atoms with Crippen LogP contribution in [0.2, 0.25) is 5.15 Å². The molecule has 2 saturated heterocycles.